The zero-order valence-corrected chi connectivity index (χ0v) is 13.9. The highest BCUT2D eigenvalue weighted by Crippen LogP contribution is 2.25. The number of ether oxygens (including phenoxy) is 1. The van der Waals surface area contributed by atoms with Crippen molar-refractivity contribution >= 4 is 32.7 Å². The van der Waals surface area contributed by atoms with Crippen LogP contribution in [0, 0.1) is 6.92 Å². The van der Waals surface area contributed by atoms with E-state index in [1.165, 1.54) is 11.3 Å². The first-order valence-electron chi connectivity index (χ1n) is 7.06. The van der Waals surface area contributed by atoms with Gasteiger partial charge >= 0.3 is 0 Å². The highest BCUT2D eigenvalue weighted by molar-refractivity contribution is 7.92. The number of aryl methyl sites for hydroxylation is 1. The van der Waals surface area contributed by atoms with Crippen molar-refractivity contribution in [1.29, 1.82) is 0 Å². The van der Waals surface area contributed by atoms with Crippen molar-refractivity contribution in [3.63, 3.8) is 0 Å². The second kappa shape index (κ2) is 6.28. The molecule has 1 fully saturated rings. The fourth-order valence-corrected chi connectivity index (χ4v) is 4.19. The standard InChI is InChI=1S/C15H18N2O3S2/c1-12-15(6-11-21-12)16-22(18,19)14-4-2-13(3-5-14)17-7-9-20-10-8-17/h2-6,11,16H,7-10H2,1H3. The molecule has 7 heteroatoms. The molecule has 0 radical (unpaired) electrons. The van der Waals surface area contributed by atoms with E-state index in [4.69, 9.17) is 4.74 Å². The van der Waals surface area contributed by atoms with E-state index in [0.717, 1.165) is 23.7 Å². The highest BCUT2D eigenvalue weighted by Gasteiger charge is 2.17. The molecule has 1 aromatic heterocycles. The molecule has 0 unspecified atom stereocenters. The summed E-state index contributed by atoms with van der Waals surface area (Å²) in [7, 11) is -3.54. The third-order valence-electron chi connectivity index (χ3n) is 3.63. The van der Waals surface area contributed by atoms with E-state index in [2.05, 4.69) is 9.62 Å². The number of hydrogen-bond donors (Lipinski definition) is 1. The largest absolute Gasteiger partial charge is 0.378 e. The maximum Gasteiger partial charge on any atom is 0.261 e. The summed E-state index contributed by atoms with van der Waals surface area (Å²) in [5, 5.41) is 1.87. The Morgan fingerprint density at radius 2 is 1.82 bits per heavy atom. The van der Waals surface area contributed by atoms with Gasteiger partial charge in [0.15, 0.2) is 0 Å². The van der Waals surface area contributed by atoms with E-state index >= 15 is 0 Å². The Balaban J connectivity index is 1.78. The molecule has 118 valence electrons. The van der Waals surface area contributed by atoms with Gasteiger partial charge in [-0.3, -0.25) is 4.72 Å². The predicted octanol–water partition coefficient (Wildman–Crippen LogP) is 2.69. The molecule has 0 atom stereocenters. The lowest BCUT2D eigenvalue weighted by Gasteiger charge is -2.28. The molecule has 22 heavy (non-hydrogen) atoms. The number of nitrogens with zero attached hydrogens (tertiary/aromatic N) is 1. The first kappa shape index (κ1) is 15.3. The van der Waals surface area contributed by atoms with Gasteiger partial charge in [-0.1, -0.05) is 0 Å². The van der Waals surface area contributed by atoms with E-state index < -0.39 is 10.0 Å². The van der Waals surface area contributed by atoms with Crippen molar-refractivity contribution in [1.82, 2.24) is 0 Å². The highest BCUT2D eigenvalue weighted by atomic mass is 32.2. The summed E-state index contributed by atoms with van der Waals surface area (Å²) >= 11 is 1.52. The van der Waals surface area contributed by atoms with Crippen LogP contribution in [-0.2, 0) is 14.8 Å². The number of anilines is 2. The second-order valence-electron chi connectivity index (χ2n) is 5.09. The smallest absolute Gasteiger partial charge is 0.261 e. The Labute approximate surface area is 134 Å². The number of nitrogens with one attached hydrogen (secondary N) is 1. The van der Waals surface area contributed by atoms with E-state index in [9.17, 15) is 8.42 Å². The number of thiophene rings is 1. The number of hydrogen-bond acceptors (Lipinski definition) is 5. The quantitative estimate of drug-likeness (QED) is 0.931. The van der Waals surface area contributed by atoms with Crippen LogP contribution in [0.5, 0.6) is 0 Å². The van der Waals surface area contributed by atoms with Gasteiger partial charge in [0.1, 0.15) is 0 Å². The molecule has 0 saturated carbocycles. The van der Waals surface area contributed by atoms with E-state index in [0.29, 0.717) is 18.9 Å². The van der Waals surface area contributed by atoms with Crippen LogP contribution in [0.2, 0.25) is 0 Å². The molecule has 2 aromatic rings. The lowest BCUT2D eigenvalue weighted by molar-refractivity contribution is 0.122. The maximum atomic E-state index is 12.4. The summed E-state index contributed by atoms with van der Waals surface area (Å²) in [4.78, 5) is 3.42. The summed E-state index contributed by atoms with van der Waals surface area (Å²) in [6, 6.07) is 8.77. The summed E-state index contributed by atoms with van der Waals surface area (Å²) in [5.74, 6) is 0. The molecular formula is C15H18N2O3S2. The van der Waals surface area contributed by atoms with Gasteiger partial charge < -0.3 is 9.64 Å². The number of benzene rings is 1. The van der Waals surface area contributed by atoms with E-state index in [1.54, 1.807) is 18.2 Å². The number of rotatable bonds is 4. The lowest BCUT2D eigenvalue weighted by atomic mass is 10.2. The molecule has 1 aromatic carbocycles. The summed E-state index contributed by atoms with van der Waals surface area (Å²) < 4.78 is 32.8. The van der Waals surface area contributed by atoms with Gasteiger partial charge in [0, 0.05) is 23.7 Å². The van der Waals surface area contributed by atoms with Crippen molar-refractivity contribution in [3.8, 4) is 0 Å². The van der Waals surface area contributed by atoms with Gasteiger partial charge in [0.25, 0.3) is 10.0 Å². The Kier molecular flexibility index (Phi) is 4.37. The van der Waals surface area contributed by atoms with Crippen LogP contribution < -0.4 is 9.62 Å². The van der Waals surface area contributed by atoms with Crippen molar-refractivity contribution in [2.24, 2.45) is 0 Å². The second-order valence-corrected chi connectivity index (χ2v) is 7.89. The van der Waals surface area contributed by atoms with Crippen LogP contribution >= 0.6 is 11.3 Å². The fraction of sp³-hybridized carbons (Fsp3) is 0.333. The van der Waals surface area contributed by atoms with Crippen LogP contribution in [0.25, 0.3) is 0 Å². The minimum absolute atomic E-state index is 0.273. The summed E-state index contributed by atoms with van der Waals surface area (Å²) in [6.07, 6.45) is 0. The van der Waals surface area contributed by atoms with Crippen molar-refractivity contribution in [2.45, 2.75) is 11.8 Å². The molecule has 1 N–H and O–H groups in total. The summed E-state index contributed by atoms with van der Waals surface area (Å²) in [6.45, 7) is 4.97. The first-order chi connectivity index (χ1) is 10.6. The van der Waals surface area contributed by atoms with Crippen molar-refractivity contribution in [3.05, 3.63) is 40.6 Å². The van der Waals surface area contributed by atoms with Gasteiger partial charge in [-0.25, -0.2) is 8.42 Å². The molecule has 0 amide bonds. The maximum absolute atomic E-state index is 12.4. The minimum Gasteiger partial charge on any atom is -0.378 e. The van der Waals surface area contributed by atoms with Gasteiger partial charge in [0.2, 0.25) is 0 Å². The monoisotopic (exact) mass is 338 g/mol. The number of morpholine rings is 1. The van der Waals surface area contributed by atoms with E-state index in [1.807, 2.05) is 24.4 Å². The van der Waals surface area contributed by atoms with Crippen LogP contribution in [0.1, 0.15) is 4.88 Å². The molecule has 0 bridgehead atoms. The zero-order chi connectivity index (χ0) is 15.6. The average molecular weight is 338 g/mol. The van der Waals surface area contributed by atoms with E-state index in [-0.39, 0.29) is 4.90 Å². The topological polar surface area (TPSA) is 58.6 Å². The van der Waals surface area contributed by atoms with Gasteiger partial charge in [0.05, 0.1) is 23.8 Å². The van der Waals surface area contributed by atoms with Crippen LogP contribution in [-0.4, -0.2) is 34.7 Å². The first-order valence-corrected chi connectivity index (χ1v) is 9.42. The molecule has 1 aliphatic heterocycles. The van der Waals surface area contributed by atoms with Gasteiger partial charge in [-0.15, -0.1) is 11.3 Å². The van der Waals surface area contributed by atoms with Crippen molar-refractivity contribution < 1.29 is 13.2 Å². The van der Waals surface area contributed by atoms with Gasteiger partial charge in [-0.05, 0) is 42.6 Å². The van der Waals surface area contributed by atoms with Crippen LogP contribution in [0.3, 0.4) is 0 Å². The van der Waals surface area contributed by atoms with Gasteiger partial charge in [-0.2, -0.15) is 0 Å². The predicted molar refractivity (Wildman–Crippen MR) is 89.3 cm³/mol. The van der Waals surface area contributed by atoms with Crippen molar-refractivity contribution in [2.75, 3.05) is 35.9 Å². The molecule has 0 spiro atoms. The Bertz CT molecular complexity index is 732. The third-order valence-corrected chi connectivity index (χ3v) is 5.85. The normalized spacial score (nSPS) is 15.8. The average Bonchev–Trinajstić information content (AvgIpc) is 2.93. The SMILES string of the molecule is Cc1sccc1NS(=O)(=O)c1ccc(N2CCOCC2)cc1. The Hall–Kier alpha value is -1.57. The third kappa shape index (κ3) is 3.26. The molecule has 3 rings (SSSR count). The Morgan fingerprint density at radius 3 is 2.41 bits per heavy atom. The minimum atomic E-state index is -3.54. The molecule has 1 saturated heterocycles. The molecular weight excluding hydrogens is 320 g/mol. The lowest BCUT2D eigenvalue weighted by Crippen LogP contribution is -2.36. The van der Waals surface area contributed by atoms with Crippen LogP contribution in [0.4, 0.5) is 11.4 Å². The molecule has 1 aliphatic rings. The summed E-state index contributed by atoms with van der Waals surface area (Å²) in [5.41, 5.74) is 1.66. The molecule has 0 aliphatic carbocycles. The fourth-order valence-electron chi connectivity index (χ4n) is 2.35. The molecule has 5 nitrogen and oxygen atoms in total. The van der Waals surface area contributed by atoms with Crippen LogP contribution in [0.15, 0.2) is 40.6 Å². The Morgan fingerprint density at radius 1 is 1.14 bits per heavy atom. The zero-order valence-electron chi connectivity index (χ0n) is 12.3. The number of sulfonamides is 1. The molecule has 2 heterocycles.